The number of aromatic hydroxyl groups is 1. The Kier molecular flexibility index (Phi) is 3.84. The predicted octanol–water partition coefficient (Wildman–Crippen LogP) is 2.12. The number of hydrogen-bond donors (Lipinski definition) is 2. The first-order chi connectivity index (χ1) is 7.68. The quantitative estimate of drug-likeness (QED) is 0.873. The van der Waals surface area contributed by atoms with Crippen molar-refractivity contribution in [3.05, 3.63) is 28.2 Å². The number of benzene rings is 1. The van der Waals surface area contributed by atoms with Crippen molar-refractivity contribution in [1.82, 2.24) is 10.2 Å². The zero-order valence-electron chi connectivity index (χ0n) is 9.41. The Hall–Kier alpha value is -0.580. The molecular formula is C12H17BrN2O. The van der Waals surface area contributed by atoms with Crippen molar-refractivity contribution in [2.24, 2.45) is 0 Å². The van der Waals surface area contributed by atoms with Gasteiger partial charge in [-0.3, -0.25) is 4.90 Å². The monoisotopic (exact) mass is 284 g/mol. The highest BCUT2D eigenvalue weighted by Gasteiger charge is 2.19. The van der Waals surface area contributed by atoms with Gasteiger partial charge in [-0.25, -0.2) is 0 Å². The zero-order chi connectivity index (χ0) is 11.5. The molecule has 0 spiro atoms. The molecule has 1 aliphatic heterocycles. The van der Waals surface area contributed by atoms with Crippen molar-refractivity contribution in [1.29, 1.82) is 0 Å². The molecule has 0 unspecified atom stereocenters. The molecule has 1 aromatic rings. The highest BCUT2D eigenvalue weighted by Crippen LogP contribution is 2.30. The van der Waals surface area contributed by atoms with E-state index in [-0.39, 0.29) is 0 Å². The van der Waals surface area contributed by atoms with Crippen LogP contribution in [0.3, 0.4) is 0 Å². The largest absolute Gasteiger partial charge is 0.508 e. The second-order valence-corrected chi connectivity index (χ2v) is 5.02. The molecule has 88 valence electrons. The molecule has 1 aliphatic rings. The average Bonchev–Trinajstić information content (AvgIpc) is 2.32. The Morgan fingerprint density at radius 2 is 2.06 bits per heavy atom. The number of phenols is 1. The second kappa shape index (κ2) is 5.17. The lowest BCUT2D eigenvalue weighted by atomic mass is 10.1. The van der Waals surface area contributed by atoms with Crippen molar-refractivity contribution >= 4 is 15.9 Å². The minimum absolute atomic E-state index is 0.334. The van der Waals surface area contributed by atoms with E-state index in [1.165, 1.54) is 0 Å². The third kappa shape index (κ3) is 2.56. The fraction of sp³-hybridized carbons (Fsp3) is 0.500. The summed E-state index contributed by atoms with van der Waals surface area (Å²) in [5, 5.41) is 12.9. The number of nitrogens with zero attached hydrogens (tertiary/aromatic N) is 1. The van der Waals surface area contributed by atoms with E-state index in [4.69, 9.17) is 0 Å². The van der Waals surface area contributed by atoms with Crippen LogP contribution in [0.2, 0.25) is 0 Å². The Morgan fingerprint density at radius 1 is 1.38 bits per heavy atom. The van der Waals surface area contributed by atoms with Gasteiger partial charge in [-0.15, -0.1) is 0 Å². The van der Waals surface area contributed by atoms with E-state index in [0.717, 1.165) is 36.2 Å². The standard InChI is InChI=1S/C12H17BrN2O/c1-9(15-6-4-14-5-7-15)11-8-10(16)2-3-12(11)13/h2-3,8-9,14,16H,4-7H2,1H3/t9-/m1/s1. The minimum Gasteiger partial charge on any atom is -0.508 e. The van der Waals surface area contributed by atoms with Gasteiger partial charge in [-0.2, -0.15) is 0 Å². The van der Waals surface area contributed by atoms with Crippen LogP contribution >= 0.6 is 15.9 Å². The molecule has 0 bridgehead atoms. The molecule has 0 radical (unpaired) electrons. The molecular weight excluding hydrogens is 268 g/mol. The van der Waals surface area contributed by atoms with Crippen LogP contribution in [0.15, 0.2) is 22.7 Å². The lowest BCUT2D eigenvalue weighted by Crippen LogP contribution is -2.44. The van der Waals surface area contributed by atoms with E-state index in [0.29, 0.717) is 11.8 Å². The van der Waals surface area contributed by atoms with E-state index in [1.54, 1.807) is 6.07 Å². The summed E-state index contributed by atoms with van der Waals surface area (Å²) in [6.07, 6.45) is 0. The SMILES string of the molecule is C[C@H](c1cc(O)ccc1Br)N1CCNCC1. The molecule has 16 heavy (non-hydrogen) atoms. The zero-order valence-corrected chi connectivity index (χ0v) is 11.0. The molecule has 0 saturated carbocycles. The molecule has 1 saturated heterocycles. The maximum atomic E-state index is 9.53. The van der Waals surface area contributed by atoms with Crippen molar-refractivity contribution in [3.8, 4) is 5.75 Å². The van der Waals surface area contributed by atoms with Crippen LogP contribution in [-0.2, 0) is 0 Å². The molecule has 3 nitrogen and oxygen atoms in total. The first kappa shape index (κ1) is 11.9. The van der Waals surface area contributed by atoms with E-state index in [9.17, 15) is 5.11 Å². The van der Waals surface area contributed by atoms with Crippen molar-refractivity contribution in [2.45, 2.75) is 13.0 Å². The molecule has 0 aromatic heterocycles. The number of piperazine rings is 1. The van der Waals surface area contributed by atoms with Crippen LogP contribution in [0.5, 0.6) is 5.75 Å². The summed E-state index contributed by atoms with van der Waals surface area (Å²) in [5.74, 6) is 0.334. The Labute approximate surface area is 105 Å². The van der Waals surface area contributed by atoms with Crippen LogP contribution in [0, 0.1) is 0 Å². The highest BCUT2D eigenvalue weighted by molar-refractivity contribution is 9.10. The lowest BCUT2D eigenvalue weighted by Gasteiger charge is -2.33. The Morgan fingerprint density at radius 3 is 2.75 bits per heavy atom. The summed E-state index contributed by atoms with van der Waals surface area (Å²) in [6.45, 7) is 6.39. The third-order valence-electron chi connectivity index (χ3n) is 3.13. The van der Waals surface area contributed by atoms with Crippen LogP contribution in [-0.4, -0.2) is 36.2 Å². The number of phenolic OH excluding ortho intramolecular Hbond substituents is 1. The number of halogens is 1. The fourth-order valence-electron chi connectivity index (χ4n) is 2.12. The first-order valence-electron chi connectivity index (χ1n) is 5.61. The summed E-state index contributed by atoms with van der Waals surface area (Å²) in [5.41, 5.74) is 1.15. The second-order valence-electron chi connectivity index (χ2n) is 4.17. The third-order valence-corrected chi connectivity index (χ3v) is 3.85. The van der Waals surface area contributed by atoms with Crippen LogP contribution in [0.25, 0.3) is 0 Å². The topological polar surface area (TPSA) is 35.5 Å². The molecule has 1 heterocycles. The van der Waals surface area contributed by atoms with Gasteiger partial charge in [0.05, 0.1) is 0 Å². The number of rotatable bonds is 2. The van der Waals surface area contributed by atoms with Gasteiger partial charge in [0.15, 0.2) is 0 Å². The lowest BCUT2D eigenvalue weighted by molar-refractivity contribution is 0.185. The van der Waals surface area contributed by atoms with E-state index in [1.807, 2.05) is 12.1 Å². The molecule has 1 fully saturated rings. The van der Waals surface area contributed by atoms with Crippen LogP contribution in [0.4, 0.5) is 0 Å². The van der Waals surface area contributed by atoms with Gasteiger partial charge in [0.2, 0.25) is 0 Å². The number of hydrogen-bond acceptors (Lipinski definition) is 3. The maximum absolute atomic E-state index is 9.53. The van der Waals surface area contributed by atoms with E-state index in [2.05, 4.69) is 33.1 Å². The molecule has 2 N–H and O–H groups in total. The summed E-state index contributed by atoms with van der Waals surface area (Å²) < 4.78 is 1.07. The van der Waals surface area contributed by atoms with Gasteiger partial charge in [-0.05, 0) is 30.7 Å². The van der Waals surface area contributed by atoms with Crippen molar-refractivity contribution in [3.63, 3.8) is 0 Å². The average molecular weight is 285 g/mol. The predicted molar refractivity (Wildman–Crippen MR) is 68.7 cm³/mol. The van der Waals surface area contributed by atoms with Gasteiger partial charge in [0.25, 0.3) is 0 Å². The van der Waals surface area contributed by atoms with Gasteiger partial charge < -0.3 is 10.4 Å². The number of nitrogens with one attached hydrogen (secondary N) is 1. The molecule has 0 aliphatic carbocycles. The Balaban J connectivity index is 2.18. The van der Waals surface area contributed by atoms with Gasteiger partial charge in [0.1, 0.15) is 5.75 Å². The maximum Gasteiger partial charge on any atom is 0.115 e. The van der Waals surface area contributed by atoms with E-state index < -0.39 is 0 Å². The molecule has 0 amide bonds. The fourth-order valence-corrected chi connectivity index (χ4v) is 2.70. The summed E-state index contributed by atoms with van der Waals surface area (Å²) in [6, 6.07) is 5.79. The van der Waals surface area contributed by atoms with E-state index >= 15 is 0 Å². The van der Waals surface area contributed by atoms with Crippen molar-refractivity contribution in [2.75, 3.05) is 26.2 Å². The molecule has 2 rings (SSSR count). The summed E-state index contributed by atoms with van der Waals surface area (Å²) in [7, 11) is 0. The molecule has 4 heteroatoms. The smallest absolute Gasteiger partial charge is 0.115 e. The van der Waals surface area contributed by atoms with Crippen LogP contribution < -0.4 is 5.32 Å². The first-order valence-corrected chi connectivity index (χ1v) is 6.41. The van der Waals surface area contributed by atoms with Crippen molar-refractivity contribution < 1.29 is 5.11 Å². The summed E-state index contributed by atoms with van der Waals surface area (Å²) in [4.78, 5) is 2.43. The van der Waals surface area contributed by atoms with Gasteiger partial charge >= 0.3 is 0 Å². The summed E-state index contributed by atoms with van der Waals surface area (Å²) >= 11 is 3.54. The minimum atomic E-state index is 0.334. The van der Waals surface area contributed by atoms with Crippen LogP contribution in [0.1, 0.15) is 18.5 Å². The van der Waals surface area contributed by atoms with Gasteiger partial charge in [0, 0.05) is 36.7 Å². The van der Waals surface area contributed by atoms with Gasteiger partial charge in [-0.1, -0.05) is 15.9 Å². The molecule has 1 atom stereocenters. The molecule has 1 aromatic carbocycles. The highest BCUT2D eigenvalue weighted by atomic mass is 79.9. The Bertz CT molecular complexity index is 364. The normalized spacial score (nSPS) is 19.6.